The molecule has 0 spiro atoms. The van der Waals surface area contributed by atoms with Crippen LogP contribution >= 0.6 is 0 Å². The SMILES string of the molecule is Cc1ccc(CO)c(-c2ccc(CC(C)C)cc2)c1. The summed E-state index contributed by atoms with van der Waals surface area (Å²) in [4.78, 5) is 0. The number of hydrogen-bond donors (Lipinski definition) is 1. The van der Waals surface area contributed by atoms with E-state index in [0.717, 1.165) is 17.5 Å². The van der Waals surface area contributed by atoms with Crippen LogP contribution in [0.5, 0.6) is 0 Å². The number of hydrogen-bond acceptors (Lipinski definition) is 1. The Hall–Kier alpha value is -1.60. The summed E-state index contributed by atoms with van der Waals surface area (Å²) in [6, 6.07) is 14.9. The molecule has 0 aliphatic heterocycles. The molecule has 0 aliphatic carbocycles. The molecule has 2 aromatic carbocycles. The summed E-state index contributed by atoms with van der Waals surface area (Å²) in [5, 5.41) is 9.44. The van der Waals surface area contributed by atoms with Gasteiger partial charge in [0.05, 0.1) is 6.61 Å². The van der Waals surface area contributed by atoms with E-state index in [1.165, 1.54) is 16.7 Å². The van der Waals surface area contributed by atoms with Crippen molar-refractivity contribution < 1.29 is 5.11 Å². The predicted octanol–water partition coefficient (Wildman–Crippen LogP) is 4.35. The summed E-state index contributed by atoms with van der Waals surface area (Å²) in [7, 11) is 0. The molecule has 1 heteroatoms. The highest BCUT2D eigenvalue weighted by Gasteiger charge is 2.05. The molecule has 1 N–H and O–H groups in total. The average Bonchev–Trinajstić information content (AvgIpc) is 2.39. The predicted molar refractivity (Wildman–Crippen MR) is 81.1 cm³/mol. The Morgan fingerprint density at radius 3 is 2.26 bits per heavy atom. The van der Waals surface area contributed by atoms with E-state index in [2.05, 4.69) is 51.1 Å². The van der Waals surface area contributed by atoms with Crippen molar-refractivity contribution in [2.75, 3.05) is 0 Å². The van der Waals surface area contributed by atoms with Crippen molar-refractivity contribution in [1.29, 1.82) is 0 Å². The van der Waals surface area contributed by atoms with E-state index in [0.29, 0.717) is 5.92 Å². The third kappa shape index (κ3) is 3.45. The quantitative estimate of drug-likeness (QED) is 0.860. The van der Waals surface area contributed by atoms with Gasteiger partial charge >= 0.3 is 0 Å². The first-order valence-corrected chi connectivity index (χ1v) is 6.90. The van der Waals surface area contributed by atoms with E-state index in [1.54, 1.807) is 0 Å². The third-order valence-electron chi connectivity index (χ3n) is 3.34. The van der Waals surface area contributed by atoms with Crippen LogP contribution in [0.15, 0.2) is 42.5 Å². The van der Waals surface area contributed by atoms with Gasteiger partial charge in [-0.25, -0.2) is 0 Å². The zero-order chi connectivity index (χ0) is 13.8. The Morgan fingerprint density at radius 2 is 1.68 bits per heavy atom. The first-order valence-electron chi connectivity index (χ1n) is 6.90. The Morgan fingerprint density at radius 1 is 1.00 bits per heavy atom. The van der Waals surface area contributed by atoms with Gasteiger partial charge in [0.25, 0.3) is 0 Å². The van der Waals surface area contributed by atoms with Gasteiger partial charge in [0.1, 0.15) is 0 Å². The largest absolute Gasteiger partial charge is 0.392 e. The fourth-order valence-electron chi connectivity index (χ4n) is 2.39. The van der Waals surface area contributed by atoms with Gasteiger partial charge in [-0.2, -0.15) is 0 Å². The first kappa shape index (κ1) is 13.8. The summed E-state index contributed by atoms with van der Waals surface area (Å²) >= 11 is 0. The topological polar surface area (TPSA) is 20.2 Å². The molecule has 19 heavy (non-hydrogen) atoms. The molecule has 0 unspecified atom stereocenters. The normalized spacial score (nSPS) is 11.0. The van der Waals surface area contributed by atoms with E-state index in [1.807, 2.05) is 12.1 Å². The van der Waals surface area contributed by atoms with Gasteiger partial charge in [-0.05, 0) is 41.5 Å². The average molecular weight is 254 g/mol. The highest BCUT2D eigenvalue weighted by molar-refractivity contribution is 5.68. The molecule has 100 valence electrons. The fraction of sp³-hybridized carbons (Fsp3) is 0.333. The van der Waals surface area contributed by atoms with Gasteiger partial charge in [-0.1, -0.05) is 61.9 Å². The molecule has 0 heterocycles. The number of aryl methyl sites for hydroxylation is 1. The van der Waals surface area contributed by atoms with Crippen LogP contribution in [0.4, 0.5) is 0 Å². The van der Waals surface area contributed by atoms with Gasteiger partial charge in [0.15, 0.2) is 0 Å². The Bertz CT molecular complexity index is 538. The standard InChI is InChI=1S/C18H22O/c1-13(2)10-15-5-8-16(9-6-15)18-11-14(3)4-7-17(18)12-19/h4-9,11,13,19H,10,12H2,1-3H3. The molecule has 0 saturated heterocycles. The lowest BCUT2D eigenvalue weighted by molar-refractivity contribution is 0.282. The van der Waals surface area contributed by atoms with Crippen LogP contribution in [-0.4, -0.2) is 5.11 Å². The maximum Gasteiger partial charge on any atom is 0.0687 e. The summed E-state index contributed by atoms with van der Waals surface area (Å²) in [5.41, 5.74) is 5.90. The molecule has 0 aliphatic rings. The lowest BCUT2D eigenvalue weighted by Crippen LogP contribution is -1.94. The zero-order valence-corrected chi connectivity index (χ0v) is 12.0. The maximum atomic E-state index is 9.44. The van der Waals surface area contributed by atoms with Crippen molar-refractivity contribution in [3.63, 3.8) is 0 Å². The second-order valence-corrected chi connectivity index (χ2v) is 5.61. The van der Waals surface area contributed by atoms with Crippen molar-refractivity contribution in [1.82, 2.24) is 0 Å². The molecule has 0 bridgehead atoms. The molecule has 0 amide bonds. The van der Waals surface area contributed by atoms with E-state index in [4.69, 9.17) is 0 Å². The molecule has 0 saturated carbocycles. The Labute approximate surface area is 115 Å². The van der Waals surface area contributed by atoms with Crippen LogP contribution in [0.25, 0.3) is 11.1 Å². The highest BCUT2D eigenvalue weighted by atomic mass is 16.3. The van der Waals surface area contributed by atoms with Crippen molar-refractivity contribution in [3.05, 3.63) is 59.2 Å². The summed E-state index contributed by atoms with van der Waals surface area (Å²) < 4.78 is 0. The van der Waals surface area contributed by atoms with Gasteiger partial charge < -0.3 is 5.11 Å². The smallest absolute Gasteiger partial charge is 0.0687 e. The van der Waals surface area contributed by atoms with E-state index in [9.17, 15) is 5.11 Å². The molecular weight excluding hydrogens is 232 g/mol. The molecule has 0 aromatic heterocycles. The molecule has 2 aromatic rings. The monoisotopic (exact) mass is 254 g/mol. The van der Waals surface area contributed by atoms with Crippen LogP contribution in [0.1, 0.15) is 30.5 Å². The number of benzene rings is 2. The van der Waals surface area contributed by atoms with Crippen molar-refractivity contribution >= 4 is 0 Å². The van der Waals surface area contributed by atoms with Gasteiger partial charge in [-0.3, -0.25) is 0 Å². The van der Waals surface area contributed by atoms with Crippen LogP contribution in [0.3, 0.4) is 0 Å². The molecule has 2 rings (SSSR count). The Kier molecular flexibility index (Phi) is 4.39. The molecule has 0 atom stereocenters. The Balaban J connectivity index is 2.34. The van der Waals surface area contributed by atoms with Crippen molar-refractivity contribution in [2.24, 2.45) is 5.92 Å². The second kappa shape index (κ2) is 6.03. The van der Waals surface area contributed by atoms with E-state index >= 15 is 0 Å². The van der Waals surface area contributed by atoms with Crippen molar-refractivity contribution in [3.8, 4) is 11.1 Å². The highest BCUT2D eigenvalue weighted by Crippen LogP contribution is 2.26. The van der Waals surface area contributed by atoms with E-state index in [-0.39, 0.29) is 6.61 Å². The summed E-state index contributed by atoms with van der Waals surface area (Å²) in [6.07, 6.45) is 1.11. The van der Waals surface area contributed by atoms with Crippen LogP contribution in [-0.2, 0) is 13.0 Å². The fourth-order valence-corrected chi connectivity index (χ4v) is 2.39. The van der Waals surface area contributed by atoms with Crippen LogP contribution in [0.2, 0.25) is 0 Å². The molecule has 1 nitrogen and oxygen atoms in total. The summed E-state index contributed by atoms with van der Waals surface area (Å²) in [5.74, 6) is 0.679. The number of rotatable bonds is 4. The third-order valence-corrected chi connectivity index (χ3v) is 3.34. The lowest BCUT2D eigenvalue weighted by Gasteiger charge is -2.10. The lowest BCUT2D eigenvalue weighted by atomic mass is 9.95. The minimum Gasteiger partial charge on any atom is -0.392 e. The number of aliphatic hydroxyl groups excluding tert-OH is 1. The molecular formula is C18H22O. The van der Waals surface area contributed by atoms with Gasteiger partial charge in [-0.15, -0.1) is 0 Å². The summed E-state index contributed by atoms with van der Waals surface area (Å²) in [6.45, 7) is 6.64. The molecule has 0 fully saturated rings. The van der Waals surface area contributed by atoms with Gasteiger partial charge in [0, 0.05) is 0 Å². The van der Waals surface area contributed by atoms with Crippen molar-refractivity contribution in [2.45, 2.75) is 33.8 Å². The first-order chi connectivity index (χ1) is 9.10. The molecule has 0 radical (unpaired) electrons. The zero-order valence-electron chi connectivity index (χ0n) is 12.0. The minimum absolute atomic E-state index is 0.0867. The van der Waals surface area contributed by atoms with Gasteiger partial charge in [0.2, 0.25) is 0 Å². The van der Waals surface area contributed by atoms with Crippen LogP contribution in [0, 0.1) is 12.8 Å². The minimum atomic E-state index is 0.0867. The van der Waals surface area contributed by atoms with Crippen LogP contribution < -0.4 is 0 Å². The number of aliphatic hydroxyl groups is 1. The van der Waals surface area contributed by atoms with E-state index < -0.39 is 0 Å². The second-order valence-electron chi connectivity index (χ2n) is 5.61. The maximum absolute atomic E-state index is 9.44.